The fourth-order valence-electron chi connectivity index (χ4n) is 4.52. The molecule has 0 aliphatic carbocycles. The molecule has 4 heterocycles. The highest BCUT2D eigenvalue weighted by Gasteiger charge is 2.56. The van der Waals surface area contributed by atoms with E-state index in [4.69, 9.17) is 0 Å². The Labute approximate surface area is 153 Å². The van der Waals surface area contributed by atoms with Crippen molar-refractivity contribution in [1.82, 2.24) is 19.7 Å². The maximum Gasteiger partial charge on any atom is 0.327 e. The number of fused-ring (bicyclic) bond motifs is 1. The van der Waals surface area contributed by atoms with Crippen LogP contribution in [0.1, 0.15) is 42.2 Å². The maximum atomic E-state index is 12.7. The second-order valence-electron chi connectivity index (χ2n) is 7.69. The molecule has 3 saturated heterocycles. The molecule has 0 aromatic carbocycles. The standard InChI is InChI=1S/C19H24N4O3/c1-3-22-17(25)15-10-19(12-23(15)18(22)26)6-8-21(9-7-19)16(24)14-5-4-13(2)20-11-14/h4-5,11,15H,3,6-10,12H2,1-2H3. The van der Waals surface area contributed by atoms with Crippen molar-refractivity contribution in [2.45, 2.75) is 39.2 Å². The van der Waals surface area contributed by atoms with E-state index < -0.39 is 0 Å². The molecule has 0 saturated carbocycles. The van der Waals surface area contributed by atoms with Gasteiger partial charge in [0.05, 0.1) is 5.56 Å². The molecule has 1 atom stereocenters. The van der Waals surface area contributed by atoms with Gasteiger partial charge in [0.15, 0.2) is 0 Å². The van der Waals surface area contributed by atoms with Crippen LogP contribution < -0.4 is 0 Å². The van der Waals surface area contributed by atoms with E-state index in [1.807, 2.05) is 30.9 Å². The fourth-order valence-corrected chi connectivity index (χ4v) is 4.52. The van der Waals surface area contributed by atoms with E-state index in [1.54, 1.807) is 11.1 Å². The van der Waals surface area contributed by atoms with Crippen molar-refractivity contribution in [2.24, 2.45) is 5.41 Å². The summed E-state index contributed by atoms with van der Waals surface area (Å²) in [6.45, 7) is 6.11. The molecule has 0 bridgehead atoms. The van der Waals surface area contributed by atoms with E-state index >= 15 is 0 Å². The first kappa shape index (κ1) is 17.0. The van der Waals surface area contributed by atoms with Gasteiger partial charge in [0, 0.05) is 38.1 Å². The van der Waals surface area contributed by atoms with E-state index in [0.29, 0.717) is 31.7 Å². The second kappa shape index (κ2) is 6.07. The molecule has 1 unspecified atom stereocenters. The van der Waals surface area contributed by atoms with Crippen molar-refractivity contribution >= 4 is 17.8 Å². The summed E-state index contributed by atoms with van der Waals surface area (Å²) in [5.41, 5.74) is 1.47. The summed E-state index contributed by atoms with van der Waals surface area (Å²) in [6.07, 6.45) is 4.02. The summed E-state index contributed by atoms with van der Waals surface area (Å²) in [4.78, 5) is 46.6. The quantitative estimate of drug-likeness (QED) is 0.756. The van der Waals surface area contributed by atoms with Gasteiger partial charge in [0.25, 0.3) is 11.8 Å². The first-order valence-electron chi connectivity index (χ1n) is 9.28. The monoisotopic (exact) mass is 356 g/mol. The first-order valence-corrected chi connectivity index (χ1v) is 9.28. The number of hydrogen-bond donors (Lipinski definition) is 0. The second-order valence-corrected chi connectivity index (χ2v) is 7.69. The van der Waals surface area contributed by atoms with Crippen molar-refractivity contribution in [3.05, 3.63) is 29.6 Å². The number of likely N-dealkylation sites (tertiary alicyclic amines) is 1. The molecule has 3 aliphatic heterocycles. The molecule has 0 radical (unpaired) electrons. The van der Waals surface area contributed by atoms with Gasteiger partial charge in [0.2, 0.25) is 0 Å². The minimum absolute atomic E-state index is 0.00941. The minimum Gasteiger partial charge on any atom is -0.339 e. The largest absolute Gasteiger partial charge is 0.339 e. The topological polar surface area (TPSA) is 73.8 Å². The van der Waals surface area contributed by atoms with E-state index in [0.717, 1.165) is 25.0 Å². The normalized spacial score (nSPS) is 24.5. The smallest absolute Gasteiger partial charge is 0.327 e. The summed E-state index contributed by atoms with van der Waals surface area (Å²) in [6, 6.07) is 3.22. The Bertz CT molecular complexity index is 727. The van der Waals surface area contributed by atoms with Gasteiger partial charge < -0.3 is 9.80 Å². The number of hydrogen-bond acceptors (Lipinski definition) is 4. The van der Waals surface area contributed by atoms with Gasteiger partial charge in [-0.25, -0.2) is 4.79 Å². The number of rotatable bonds is 2. The van der Waals surface area contributed by atoms with E-state index in [2.05, 4.69) is 4.98 Å². The van der Waals surface area contributed by atoms with Gasteiger partial charge in [-0.1, -0.05) is 0 Å². The predicted octanol–water partition coefficient (Wildman–Crippen LogP) is 1.67. The third-order valence-electron chi connectivity index (χ3n) is 6.12. The number of urea groups is 1. The summed E-state index contributed by atoms with van der Waals surface area (Å²) in [5.74, 6) is -0.0474. The van der Waals surface area contributed by atoms with Crippen LogP contribution in [0.15, 0.2) is 18.3 Å². The minimum atomic E-state index is -0.300. The van der Waals surface area contributed by atoms with E-state index in [1.165, 1.54) is 4.90 Å². The fraction of sp³-hybridized carbons (Fsp3) is 0.579. The number of likely N-dealkylation sites (N-methyl/N-ethyl adjacent to an activating group) is 1. The third-order valence-corrected chi connectivity index (χ3v) is 6.12. The molecule has 0 N–H and O–H groups in total. The van der Waals surface area contributed by atoms with Crippen molar-refractivity contribution in [2.75, 3.05) is 26.2 Å². The van der Waals surface area contributed by atoms with Crippen LogP contribution in [0.25, 0.3) is 0 Å². The number of carbonyl (C=O) groups is 3. The van der Waals surface area contributed by atoms with Crippen molar-refractivity contribution in [1.29, 1.82) is 0 Å². The Hall–Kier alpha value is -2.44. The molecule has 4 rings (SSSR count). The van der Waals surface area contributed by atoms with Gasteiger partial charge in [0.1, 0.15) is 6.04 Å². The number of aromatic nitrogens is 1. The molecular weight excluding hydrogens is 332 g/mol. The first-order chi connectivity index (χ1) is 12.4. The molecular formula is C19H24N4O3. The Morgan fingerprint density at radius 3 is 2.58 bits per heavy atom. The van der Waals surface area contributed by atoms with Crippen LogP contribution in [0.5, 0.6) is 0 Å². The van der Waals surface area contributed by atoms with Crippen LogP contribution in [0, 0.1) is 12.3 Å². The van der Waals surface area contributed by atoms with Crippen LogP contribution >= 0.6 is 0 Å². The van der Waals surface area contributed by atoms with Crippen LogP contribution in [-0.4, -0.2) is 69.8 Å². The highest BCUT2D eigenvalue weighted by atomic mass is 16.2. The van der Waals surface area contributed by atoms with Crippen molar-refractivity contribution in [3.8, 4) is 0 Å². The molecule has 7 heteroatoms. The molecule has 7 nitrogen and oxygen atoms in total. The average Bonchev–Trinajstić information content (AvgIpc) is 3.11. The average molecular weight is 356 g/mol. The van der Waals surface area contributed by atoms with E-state index in [-0.39, 0.29) is 29.3 Å². The summed E-state index contributed by atoms with van der Waals surface area (Å²) in [5, 5.41) is 0. The Kier molecular flexibility index (Phi) is 3.97. The summed E-state index contributed by atoms with van der Waals surface area (Å²) < 4.78 is 0. The van der Waals surface area contributed by atoms with Crippen molar-refractivity contribution in [3.63, 3.8) is 0 Å². The third kappa shape index (κ3) is 2.57. The summed E-state index contributed by atoms with van der Waals surface area (Å²) >= 11 is 0. The number of nitrogens with zero attached hydrogens (tertiary/aromatic N) is 4. The van der Waals surface area contributed by atoms with Gasteiger partial charge in [-0.05, 0) is 50.7 Å². The van der Waals surface area contributed by atoms with Crippen LogP contribution in [0.3, 0.4) is 0 Å². The Balaban J connectivity index is 1.42. The lowest BCUT2D eigenvalue weighted by molar-refractivity contribution is -0.128. The van der Waals surface area contributed by atoms with Crippen LogP contribution in [-0.2, 0) is 4.79 Å². The van der Waals surface area contributed by atoms with Crippen molar-refractivity contribution < 1.29 is 14.4 Å². The molecule has 3 fully saturated rings. The zero-order valence-corrected chi connectivity index (χ0v) is 15.3. The lowest BCUT2D eigenvalue weighted by Crippen LogP contribution is -2.45. The lowest BCUT2D eigenvalue weighted by atomic mass is 9.76. The highest BCUT2D eigenvalue weighted by molar-refractivity contribution is 6.04. The number of pyridine rings is 1. The zero-order chi connectivity index (χ0) is 18.5. The van der Waals surface area contributed by atoms with Gasteiger partial charge in [-0.3, -0.25) is 19.5 Å². The van der Waals surface area contributed by atoms with Gasteiger partial charge in [-0.2, -0.15) is 0 Å². The number of carbonyl (C=O) groups excluding carboxylic acids is 3. The number of amides is 4. The number of piperidine rings is 1. The molecule has 1 aromatic rings. The van der Waals surface area contributed by atoms with E-state index in [9.17, 15) is 14.4 Å². The lowest BCUT2D eigenvalue weighted by Gasteiger charge is -2.39. The summed E-state index contributed by atoms with van der Waals surface area (Å²) in [7, 11) is 0. The predicted molar refractivity (Wildman–Crippen MR) is 94.4 cm³/mol. The Morgan fingerprint density at radius 1 is 1.27 bits per heavy atom. The number of aryl methyl sites for hydroxylation is 1. The SMILES string of the molecule is CCN1C(=O)C2CC3(CCN(C(=O)c4ccc(C)nc4)CC3)CN2C1=O. The highest BCUT2D eigenvalue weighted by Crippen LogP contribution is 2.46. The molecule has 1 spiro atoms. The molecule has 138 valence electrons. The van der Waals surface area contributed by atoms with Crippen LogP contribution in [0.2, 0.25) is 0 Å². The molecule has 26 heavy (non-hydrogen) atoms. The zero-order valence-electron chi connectivity index (χ0n) is 15.3. The molecule has 4 amide bonds. The van der Waals surface area contributed by atoms with Crippen LogP contribution in [0.4, 0.5) is 4.79 Å². The molecule has 1 aromatic heterocycles. The number of imide groups is 1. The van der Waals surface area contributed by atoms with Gasteiger partial charge >= 0.3 is 6.03 Å². The molecule has 3 aliphatic rings. The van der Waals surface area contributed by atoms with Gasteiger partial charge in [-0.15, -0.1) is 0 Å². The maximum absolute atomic E-state index is 12.7. The Morgan fingerprint density at radius 2 is 2.00 bits per heavy atom.